The van der Waals surface area contributed by atoms with Gasteiger partial charge < -0.3 is 5.11 Å². The first kappa shape index (κ1) is 11.4. The van der Waals surface area contributed by atoms with Gasteiger partial charge in [0.25, 0.3) is 0 Å². The summed E-state index contributed by atoms with van der Waals surface area (Å²) in [6.45, 7) is 6.15. The molecule has 0 aromatic rings. The highest BCUT2D eigenvalue weighted by atomic mass is 16.3. The molecule has 88 valence electrons. The number of fused-ring (bicyclic) bond motifs is 1. The zero-order valence-corrected chi connectivity index (χ0v) is 10.2. The second-order valence-corrected chi connectivity index (χ2v) is 5.72. The van der Waals surface area contributed by atoms with E-state index in [0.29, 0.717) is 0 Å². The van der Waals surface area contributed by atoms with Crippen LogP contribution in [0.4, 0.5) is 0 Å². The molecule has 2 fully saturated rings. The monoisotopic (exact) mass is 211 g/mol. The Morgan fingerprint density at radius 3 is 2.73 bits per heavy atom. The third-order valence-corrected chi connectivity index (χ3v) is 4.43. The Morgan fingerprint density at radius 2 is 2.00 bits per heavy atom. The summed E-state index contributed by atoms with van der Waals surface area (Å²) in [4.78, 5) is 2.55. The third-order valence-electron chi connectivity index (χ3n) is 4.43. The molecule has 1 aliphatic heterocycles. The van der Waals surface area contributed by atoms with Crippen molar-refractivity contribution in [2.75, 3.05) is 13.1 Å². The van der Waals surface area contributed by atoms with E-state index in [1.54, 1.807) is 0 Å². The fraction of sp³-hybridized carbons (Fsp3) is 1.00. The van der Waals surface area contributed by atoms with Crippen LogP contribution in [0.1, 0.15) is 52.4 Å². The Hall–Kier alpha value is -0.0800. The van der Waals surface area contributed by atoms with Crippen LogP contribution in [0.2, 0.25) is 0 Å². The van der Waals surface area contributed by atoms with Crippen molar-refractivity contribution < 1.29 is 5.11 Å². The van der Waals surface area contributed by atoms with E-state index in [-0.39, 0.29) is 0 Å². The minimum Gasteiger partial charge on any atom is -0.389 e. The quantitative estimate of drug-likeness (QED) is 0.775. The summed E-state index contributed by atoms with van der Waals surface area (Å²) in [7, 11) is 0. The molecule has 0 aromatic carbocycles. The number of β-amino-alcohol motifs (C(OH)–C–C–N with tert-alkyl or cyclic N) is 1. The molecule has 3 atom stereocenters. The topological polar surface area (TPSA) is 23.5 Å². The predicted molar refractivity (Wildman–Crippen MR) is 62.9 cm³/mol. The van der Waals surface area contributed by atoms with E-state index >= 15 is 0 Å². The SMILES string of the molecule is CCC(C)(O)CN1CCC2CCCCC21. The molecule has 15 heavy (non-hydrogen) atoms. The van der Waals surface area contributed by atoms with E-state index < -0.39 is 5.60 Å². The number of rotatable bonds is 3. The highest BCUT2D eigenvalue weighted by molar-refractivity contribution is 4.92. The first-order valence-electron chi connectivity index (χ1n) is 6.59. The fourth-order valence-electron chi connectivity index (χ4n) is 3.25. The summed E-state index contributed by atoms with van der Waals surface area (Å²) < 4.78 is 0. The predicted octanol–water partition coefficient (Wildman–Crippen LogP) is 2.41. The summed E-state index contributed by atoms with van der Waals surface area (Å²) in [6.07, 6.45) is 7.84. The van der Waals surface area contributed by atoms with Crippen LogP contribution in [0, 0.1) is 5.92 Å². The van der Waals surface area contributed by atoms with E-state index in [0.717, 1.165) is 24.9 Å². The first-order valence-corrected chi connectivity index (χ1v) is 6.59. The van der Waals surface area contributed by atoms with E-state index in [9.17, 15) is 5.11 Å². The second kappa shape index (κ2) is 4.42. The van der Waals surface area contributed by atoms with Crippen molar-refractivity contribution in [1.82, 2.24) is 4.90 Å². The average molecular weight is 211 g/mol. The van der Waals surface area contributed by atoms with Gasteiger partial charge in [-0.25, -0.2) is 0 Å². The number of hydrogen-bond donors (Lipinski definition) is 1. The first-order chi connectivity index (χ1) is 7.12. The van der Waals surface area contributed by atoms with Gasteiger partial charge in [-0.1, -0.05) is 19.8 Å². The van der Waals surface area contributed by atoms with Gasteiger partial charge in [0.05, 0.1) is 5.60 Å². The molecule has 1 saturated carbocycles. The maximum atomic E-state index is 10.1. The van der Waals surface area contributed by atoms with Crippen LogP contribution in [0.5, 0.6) is 0 Å². The zero-order valence-electron chi connectivity index (χ0n) is 10.2. The molecule has 1 saturated heterocycles. The maximum absolute atomic E-state index is 10.1. The molecule has 2 rings (SSSR count). The normalized spacial score (nSPS) is 36.2. The summed E-state index contributed by atoms with van der Waals surface area (Å²) >= 11 is 0. The number of likely N-dealkylation sites (tertiary alicyclic amines) is 1. The Kier molecular flexibility index (Phi) is 3.36. The number of hydrogen-bond acceptors (Lipinski definition) is 2. The number of aliphatic hydroxyl groups is 1. The van der Waals surface area contributed by atoms with Gasteiger partial charge in [-0.05, 0) is 45.1 Å². The van der Waals surface area contributed by atoms with Crippen LogP contribution in [0.3, 0.4) is 0 Å². The largest absolute Gasteiger partial charge is 0.389 e. The van der Waals surface area contributed by atoms with Crippen molar-refractivity contribution in [2.24, 2.45) is 5.92 Å². The molecule has 1 heterocycles. The molecule has 0 spiro atoms. The molecular formula is C13H25NO. The molecule has 0 bridgehead atoms. The fourth-order valence-corrected chi connectivity index (χ4v) is 3.25. The summed E-state index contributed by atoms with van der Waals surface area (Å²) in [5, 5.41) is 10.1. The van der Waals surface area contributed by atoms with Crippen molar-refractivity contribution >= 4 is 0 Å². The molecule has 0 radical (unpaired) electrons. The van der Waals surface area contributed by atoms with Crippen molar-refractivity contribution in [3.8, 4) is 0 Å². The molecule has 0 aromatic heterocycles. The van der Waals surface area contributed by atoms with Gasteiger partial charge in [-0.3, -0.25) is 4.90 Å². The van der Waals surface area contributed by atoms with Gasteiger partial charge in [0, 0.05) is 12.6 Å². The van der Waals surface area contributed by atoms with Gasteiger partial charge >= 0.3 is 0 Å². The third kappa shape index (κ3) is 2.54. The van der Waals surface area contributed by atoms with Crippen LogP contribution in [0.25, 0.3) is 0 Å². The smallest absolute Gasteiger partial charge is 0.0743 e. The lowest BCUT2D eigenvalue weighted by molar-refractivity contribution is 0.00628. The van der Waals surface area contributed by atoms with E-state index in [1.165, 1.54) is 38.6 Å². The molecule has 3 unspecified atom stereocenters. The standard InChI is InChI=1S/C13H25NO/c1-3-13(2,15)10-14-9-8-11-6-4-5-7-12(11)14/h11-12,15H,3-10H2,1-2H3. The minimum absolute atomic E-state index is 0.480. The lowest BCUT2D eigenvalue weighted by Gasteiger charge is -2.35. The molecule has 1 N–H and O–H groups in total. The minimum atomic E-state index is -0.480. The summed E-state index contributed by atoms with van der Waals surface area (Å²) in [6, 6.07) is 0.789. The number of nitrogens with zero attached hydrogens (tertiary/aromatic N) is 1. The highest BCUT2D eigenvalue weighted by Gasteiger charge is 2.37. The van der Waals surface area contributed by atoms with Gasteiger partial charge in [-0.2, -0.15) is 0 Å². The second-order valence-electron chi connectivity index (χ2n) is 5.72. The van der Waals surface area contributed by atoms with Crippen LogP contribution in [-0.2, 0) is 0 Å². The van der Waals surface area contributed by atoms with E-state index in [4.69, 9.17) is 0 Å². The van der Waals surface area contributed by atoms with Crippen molar-refractivity contribution in [3.63, 3.8) is 0 Å². The Labute approximate surface area is 93.7 Å². The van der Waals surface area contributed by atoms with Crippen molar-refractivity contribution in [1.29, 1.82) is 0 Å². The Morgan fingerprint density at radius 1 is 1.27 bits per heavy atom. The molecule has 2 aliphatic rings. The molecule has 2 nitrogen and oxygen atoms in total. The van der Waals surface area contributed by atoms with Crippen LogP contribution >= 0.6 is 0 Å². The average Bonchev–Trinajstić information content (AvgIpc) is 2.62. The zero-order chi connectivity index (χ0) is 10.9. The van der Waals surface area contributed by atoms with Crippen LogP contribution in [0.15, 0.2) is 0 Å². The lowest BCUT2D eigenvalue weighted by Crippen LogP contribution is -2.44. The highest BCUT2D eigenvalue weighted by Crippen LogP contribution is 2.36. The van der Waals surface area contributed by atoms with Gasteiger partial charge in [-0.15, -0.1) is 0 Å². The van der Waals surface area contributed by atoms with Crippen LogP contribution < -0.4 is 0 Å². The van der Waals surface area contributed by atoms with Gasteiger partial charge in [0.2, 0.25) is 0 Å². The van der Waals surface area contributed by atoms with Crippen molar-refractivity contribution in [3.05, 3.63) is 0 Å². The Bertz CT molecular complexity index is 215. The van der Waals surface area contributed by atoms with Gasteiger partial charge in [0.1, 0.15) is 0 Å². The Balaban J connectivity index is 1.93. The molecular weight excluding hydrogens is 186 g/mol. The summed E-state index contributed by atoms with van der Waals surface area (Å²) in [5.74, 6) is 0.936. The molecule has 1 aliphatic carbocycles. The van der Waals surface area contributed by atoms with E-state index in [2.05, 4.69) is 11.8 Å². The lowest BCUT2D eigenvalue weighted by atomic mass is 9.85. The van der Waals surface area contributed by atoms with Gasteiger partial charge in [0.15, 0.2) is 0 Å². The summed E-state index contributed by atoms with van der Waals surface area (Å²) in [5.41, 5.74) is -0.480. The van der Waals surface area contributed by atoms with E-state index in [1.807, 2.05) is 6.92 Å². The molecule has 0 amide bonds. The van der Waals surface area contributed by atoms with Crippen LogP contribution in [-0.4, -0.2) is 34.7 Å². The maximum Gasteiger partial charge on any atom is 0.0743 e. The molecule has 2 heteroatoms. The van der Waals surface area contributed by atoms with Crippen molar-refractivity contribution in [2.45, 2.75) is 64.0 Å².